The summed E-state index contributed by atoms with van der Waals surface area (Å²) in [6.07, 6.45) is 6.59. The minimum absolute atomic E-state index is 0. The summed E-state index contributed by atoms with van der Waals surface area (Å²) < 4.78 is 1.63. The molecule has 108 valence electrons. The molecule has 1 rings (SSSR count). The van der Waals surface area contributed by atoms with Gasteiger partial charge in [0, 0.05) is 19.2 Å². The van der Waals surface area contributed by atoms with Crippen molar-refractivity contribution >= 4 is 11.8 Å². The molecular weight excluding hydrogens is 278 g/mol. The third-order valence-electron chi connectivity index (χ3n) is 2.51. The molecule has 0 unspecified atom stereocenters. The van der Waals surface area contributed by atoms with Gasteiger partial charge >= 0.3 is 0 Å². The molecule has 5 nitrogen and oxygen atoms in total. The zero-order chi connectivity index (χ0) is 14.3. The maximum Gasteiger partial charge on any atom is 0.289 e. The van der Waals surface area contributed by atoms with Crippen molar-refractivity contribution in [3.63, 3.8) is 0 Å². The van der Waals surface area contributed by atoms with Crippen molar-refractivity contribution in [2.75, 3.05) is 13.1 Å². The quantitative estimate of drug-likeness (QED) is 0.439. The topological polar surface area (TPSA) is 67.3 Å². The highest BCUT2D eigenvalue weighted by molar-refractivity contribution is 5.92. The smallest absolute Gasteiger partial charge is 0.289 e. The second-order valence-corrected chi connectivity index (χ2v) is 4.01. The number of rotatable bonds is 7. The summed E-state index contributed by atoms with van der Waals surface area (Å²) in [6.45, 7) is 8.29. The van der Waals surface area contributed by atoms with Gasteiger partial charge in [0.1, 0.15) is 5.56 Å². The molecular formula is C14H18ClN3O2. The van der Waals surface area contributed by atoms with E-state index in [0.717, 1.165) is 0 Å². The van der Waals surface area contributed by atoms with E-state index in [-0.39, 0.29) is 24.9 Å². The van der Waals surface area contributed by atoms with Crippen molar-refractivity contribution in [3.05, 3.63) is 55.4 Å². The molecule has 0 atom stereocenters. The molecule has 0 aliphatic rings. The first-order chi connectivity index (χ1) is 9.08. The molecule has 0 aliphatic heterocycles. The molecule has 0 saturated carbocycles. The maximum absolute atomic E-state index is 12.1. The summed E-state index contributed by atoms with van der Waals surface area (Å²) in [5, 5.41) is 0. The fraction of sp³-hybridized carbons (Fsp3) is 0.214. The van der Waals surface area contributed by atoms with Crippen molar-refractivity contribution in [2.45, 2.75) is 6.54 Å². The molecule has 20 heavy (non-hydrogen) atoms. The van der Waals surface area contributed by atoms with Crippen molar-refractivity contribution < 1.29 is 26.6 Å². The Labute approximate surface area is 124 Å². The average Bonchev–Trinajstić information content (AvgIpc) is 2.38. The molecule has 1 aromatic rings. The lowest BCUT2D eigenvalue weighted by Crippen LogP contribution is -3.00. The lowest BCUT2D eigenvalue weighted by molar-refractivity contribution is -0.685. The summed E-state index contributed by atoms with van der Waals surface area (Å²) in [5.41, 5.74) is 5.56. The van der Waals surface area contributed by atoms with Crippen molar-refractivity contribution in [1.82, 2.24) is 4.90 Å². The SMILES string of the molecule is C=CCN(CC=C)C(=O)C[n+]1cccc(C(N)=O)c1.[Cl-]. The number of hydrogen-bond donors (Lipinski definition) is 1. The highest BCUT2D eigenvalue weighted by atomic mass is 35.5. The van der Waals surface area contributed by atoms with Gasteiger partial charge in [0.05, 0.1) is 0 Å². The van der Waals surface area contributed by atoms with E-state index in [0.29, 0.717) is 18.7 Å². The maximum atomic E-state index is 12.1. The van der Waals surface area contributed by atoms with Gasteiger partial charge < -0.3 is 23.0 Å². The Hall–Kier alpha value is -2.14. The van der Waals surface area contributed by atoms with Gasteiger partial charge in [-0.1, -0.05) is 12.2 Å². The van der Waals surface area contributed by atoms with Crippen LogP contribution in [0.4, 0.5) is 0 Å². The number of nitrogens with two attached hydrogens (primary N) is 1. The van der Waals surface area contributed by atoms with Gasteiger partial charge in [0.2, 0.25) is 6.54 Å². The van der Waals surface area contributed by atoms with Crippen molar-refractivity contribution in [1.29, 1.82) is 0 Å². The van der Waals surface area contributed by atoms with Crippen LogP contribution in [-0.2, 0) is 11.3 Å². The Balaban J connectivity index is 0.00000361. The van der Waals surface area contributed by atoms with Crippen molar-refractivity contribution in [3.8, 4) is 0 Å². The summed E-state index contributed by atoms with van der Waals surface area (Å²) in [5.74, 6) is -0.595. The monoisotopic (exact) mass is 295 g/mol. The Morgan fingerprint density at radius 2 is 1.90 bits per heavy atom. The average molecular weight is 296 g/mol. The number of primary amides is 1. The molecule has 0 saturated heterocycles. The molecule has 0 bridgehead atoms. The lowest BCUT2D eigenvalue weighted by Gasteiger charge is -2.17. The van der Waals surface area contributed by atoms with Crippen LogP contribution >= 0.6 is 0 Å². The number of amides is 2. The fourth-order valence-electron chi connectivity index (χ4n) is 1.61. The van der Waals surface area contributed by atoms with Crippen molar-refractivity contribution in [2.24, 2.45) is 5.73 Å². The van der Waals surface area contributed by atoms with Gasteiger partial charge in [0.25, 0.3) is 11.8 Å². The van der Waals surface area contributed by atoms with Crippen LogP contribution in [-0.4, -0.2) is 29.8 Å². The van der Waals surface area contributed by atoms with Crippen LogP contribution in [0, 0.1) is 0 Å². The molecule has 2 amide bonds. The van der Waals surface area contributed by atoms with Gasteiger partial charge in [-0.05, 0) is 6.07 Å². The second-order valence-electron chi connectivity index (χ2n) is 4.01. The molecule has 1 heterocycles. The third kappa shape index (κ3) is 5.24. The zero-order valence-corrected chi connectivity index (χ0v) is 11.9. The zero-order valence-electron chi connectivity index (χ0n) is 11.2. The van der Waals surface area contributed by atoms with Gasteiger partial charge in [-0.2, -0.15) is 4.57 Å². The van der Waals surface area contributed by atoms with E-state index in [2.05, 4.69) is 13.2 Å². The number of hydrogen-bond acceptors (Lipinski definition) is 2. The minimum atomic E-state index is -0.518. The van der Waals surface area contributed by atoms with Gasteiger partial charge in [-0.15, -0.1) is 13.2 Å². The first-order valence-electron chi connectivity index (χ1n) is 5.87. The highest BCUT2D eigenvalue weighted by Gasteiger charge is 2.16. The van der Waals surface area contributed by atoms with Crippen LogP contribution < -0.4 is 22.7 Å². The van der Waals surface area contributed by atoms with Gasteiger partial charge in [-0.3, -0.25) is 9.59 Å². The number of halogens is 1. The Morgan fingerprint density at radius 3 is 2.40 bits per heavy atom. The first kappa shape index (κ1) is 17.9. The molecule has 0 fully saturated rings. The molecule has 2 N–H and O–H groups in total. The molecule has 6 heteroatoms. The van der Waals surface area contributed by atoms with E-state index >= 15 is 0 Å². The van der Waals surface area contributed by atoms with E-state index in [9.17, 15) is 9.59 Å². The Kier molecular flexibility index (Phi) is 7.93. The van der Waals surface area contributed by atoms with Crippen LogP contribution in [0.3, 0.4) is 0 Å². The predicted octanol–water partition coefficient (Wildman–Crippen LogP) is -2.72. The van der Waals surface area contributed by atoms with E-state index in [1.165, 1.54) is 0 Å². The van der Waals surface area contributed by atoms with E-state index in [1.54, 1.807) is 46.1 Å². The number of aromatic nitrogens is 1. The number of nitrogens with zero attached hydrogens (tertiary/aromatic N) is 2. The predicted molar refractivity (Wildman–Crippen MR) is 72.1 cm³/mol. The summed E-state index contributed by atoms with van der Waals surface area (Å²) >= 11 is 0. The van der Waals surface area contributed by atoms with E-state index in [4.69, 9.17) is 5.73 Å². The normalized spacial score (nSPS) is 9.20. The van der Waals surface area contributed by atoms with Gasteiger partial charge in [-0.25, -0.2) is 0 Å². The van der Waals surface area contributed by atoms with Crippen LogP contribution in [0.5, 0.6) is 0 Å². The Bertz CT molecular complexity index is 493. The van der Waals surface area contributed by atoms with Crippen LogP contribution in [0.15, 0.2) is 49.8 Å². The third-order valence-corrected chi connectivity index (χ3v) is 2.51. The van der Waals surface area contributed by atoms with E-state index < -0.39 is 5.91 Å². The molecule has 0 aromatic carbocycles. The summed E-state index contributed by atoms with van der Waals surface area (Å²) in [4.78, 5) is 24.7. The van der Waals surface area contributed by atoms with Crippen LogP contribution in [0.1, 0.15) is 10.4 Å². The number of pyridine rings is 1. The first-order valence-corrected chi connectivity index (χ1v) is 5.87. The second kappa shape index (κ2) is 8.87. The number of carbonyl (C=O) groups is 2. The van der Waals surface area contributed by atoms with Crippen LogP contribution in [0.2, 0.25) is 0 Å². The largest absolute Gasteiger partial charge is 1.00 e. The molecule has 1 aromatic heterocycles. The Morgan fingerprint density at radius 1 is 1.30 bits per heavy atom. The van der Waals surface area contributed by atoms with Gasteiger partial charge in [0.15, 0.2) is 12.4 Å². The summed E-state index contributed by atoms with van der Waals surface area (Å²) in [6, 6.07) is 3.28. The highest BCUT2D eigenvalue weighted by Crippen LogP contribution is 1.95. The molecule has 0 aliphatic carbocycles. The molecule has 0 spiro atoms. The van der Waals surface area contributed by atoms with E-state index in [1.807, 2.05) is 0 Å². The standard InChI is InChI=1S/C14H17N3O2.ClH/c1-3-7-17(8-4-2)13(18)11-16-9-5-6-12(10-16)14(15)19;/h3-6,9-10H,1-2,7-8,11H2,(H-,15,19);1H. The molecule has 0 radical (unpaired) electrons. The lowest BCUT2D eigenvalue weighted by atomic mass is 10.2. The fourth-order valence-corrected chi connectivity index (χ4v) is 1.61. The minimum Gasteiger partial charge on any atom is -1.00 e. The van der Waals surface area contributed by atoms with Crippen LogP contribution in [0.25, 0.3) is 0 Å². The number of carbonyl (C=O) groups excluding carboxylic acids is 2. The summed E-state index contributed by atoms with van der Waals surface area (Å²) in [7, 11) is 0.